The average Bonchev–Trinajstić information content (AvgIpc) is 2.48. The van der Waals surface area contributed by atoms with Gasteiger partial charge in [0.25, 0.3) is 0 Å². The maximum atomic E-state index is 3.99. The van der Waals surface area contributed by atoms with Gasteiger partial charge in [0.2, 0.25) is 0 Å². The van der Waals surface area contributed by atoms with Crippen LogP contribution < -0.4 is 0 Å². The highest BCUT2D eigenvalue weighted by Crippen LogP contribution is 1.96. The molecule has 62 valence electrons. The van der Waals surface area contributed by atoms with Crippen molar-refractivity contribution in [2.75, 3.05) is 12.0 Å². The third kappa shape index (κ3) is 2.54. The average molecular weight is 171 g/mol. The number of aryl methyl sites for hydroxylation is 2. The second-order valence-corrected chi connectivity index (χ2v) is 3.30. The summed E-state index contributed by atoms with van der Waals surface area (Å²) in [6, 6.07) is 0. The van der Waals surface area contributed by atoms with E-state index in [0.29, 0.717) is 0 Å². The van der Waals surface area contributed by atoms with Crippen molar-refractivity contribution in [3.8, 4) is 0 Å². The van der Waals surface area contributed by atoms with E-state index in [2.05, 4.69) is 23.5 Å². The molecule has 0 atom stereocenters. The van der Waals surface area contributed by atoms with E-state index >= 15 is 0 Å². The molecule has 1 heterocycles. The van der Waals surface area contributed by atoms with Gasteiger partial charge in [0.15, 0.2) is 0 Å². The first-order valence-corrected chi connectivity index (χ1v) is 5.14. The lowest BCUT2D eigenvalue weighted by molar-refractivity contribution is 0.632. The number of thioether (sulfide) groups is 1. The van der Waals surface area contributed by atoms with E-state index in [9.17, 15) is 0 Å². The number of nitrogens with zero attached hydrogens (tertiary/aromatic N) is 3. The first-order valence-electron chi connectivity index (χ1n) is 3.74. The number of rotatable bonds is 4. The van der Waals surface area contributed by atoms with Gasteiger partial charge in [-0.1, -0.05) is 12.1 Å². The number of hydrogen-bond acceptors (Lipinski definition) is 3. The topological polar surface area (TPSA) is 30.7 Å². The molecule has 0 unspecified atom stereocenters. The van der Waals surface area contributed by atoms with E-state index in [1.165, 1.54) is 0 Å². The fraction of sp³-hybridized carbons (Fsp3) is 0.714. The molecule has 1 aromatic rings. The summed E-state index contributed by atoms with van der Waals surface area (Å²) in [5, 5.41) is 7.97. The molecule has 0 saturated heterocycles. The zero-order valence-corrected chi connectivity index (χ0v) is 7.77. The van der Waals surface area contributed by atoms with Gasteiger partial charge >= 0.3 is 0 Å². The molecule has 0 amide bonds. The largest absolute Gasteiger partial charge is 0.251 e. The molecule has 1 aromatic heterocycles. The first-order chi connectivity index (χ1) is 5.36. The van der Waals surface area contributed by atoms with Crippen molar-refractivity contribution in [2.45, 2.75) is 19.9 Å². The predicted octanol–water partition coefficient (Wildman–Crippen LogP) is 1.20. The minimum absolute atomic E-state index is 0.966. The number of aromatic nitrogens is 3. The van der Waals surface area contributed by atoms with Crippen LogP contribution >= 0.6 is 11.8 Å². The van der Waals surface area contributed by atoms with Crippen LogP contribution in [0.3, 0.4) is 0 Å². The summed E-state index contributed by atoms with van der Waals surface area (Å²) in [7, 11) is 0. The van der Waals surface area contributed by atoms with Gasteiger partial charge in [0.05, 0.1) is 12.2 Å². The molecule has 0 radical (unpaired) electrons. The van der Waals surface area contributed by atoms with E-state index in [1.807, 2.05) is 22.6 Å². The van der Waals surface area contributed by atoms with Gasteiger partial charge in [-0.05, 0) is 12.7 Å². The Bertz CT molecular complexity index is 209. The van der Waals surface area contributed by atoms with E-state index < -0.39 is 0 Å². The summed E-state index contributed by atoms with van der Waals surface area (Å²) >= 11 is 1.82. The van der Waals surface area contributed by atoms with Crippen LogP contribution in [0.4, 0.5) is 0 Å². The molecule has 0 aliphatic rings. The van der Waals surface area contributed by atoms with Gasteiger partial charge in [0, 0.05) is 11.9 Å². The van der Waals surface area contributed by atoms with Crippen LogP contribution in [-0.4, -0.2) is 27.0 Å². The maximum absolute atomic E-state index is 3.99. The lowest BCUT2D eigenvalue weighted by Gasteiger charge is -1.94. The Hall–Kier alpha value is -0.510. The molecular weight excluding hydrogens is 158 g/mol. The third-order valence-electron chi connectivity index (χ3n) is 1.47. The molecule has 1 rings (SSSR count). The Morgan fingerprint density at radius 1 is 1.64 bits per heavy atom. The van der Waals surface area contributed by atoms with Gasteiger partial charge < -0.3 is 0 Å². The van der Waals surface area contributed by atoms with Crippen LogP contribution in [0.25, 0.3) is 0 Å². The molecule has 4 heteroatoms. The van der Waals surface area contributed by atoms with E-state index in [4.69, 9.17) is 0 Å². The molecule has 0 spiro atoms. The predicted molar refractivity (Wildman–Crippen MR) is 47.8 cm³/mol. The molecular formula is C7H13N3S. The first kappa shape index (κ1) is 8.59. The van der Waals surface area contributed by atoms with Crippen molar-refractivity contribution in [1.82, 2.24) is 15.0 Å². The van der Waals surface area contributed by atoms with Crippen LogP contribution in [0.1, 0.15) is 12.6 Å². The van der Waals surface area contributed by atoms with Crippen molar-refractivity contribution >= 4 is 11.8 Å². The molecule has 0 aliphatic carbocycles. The van der Waals surface area contributed by atoms with E-state index in [0.717, 1.165) is 24.4 Å². The fourth-order valence-electron chi connectivity index (χ4n) is 0.795. The lowest BCUT2D eigenvalue weighted by atomic mass is 10.4. The van der Waals surface area contributed by atoms with Gasteiger partial charge in [-0.2, -0.15) is 11.8 Å². The summed E-state index contributed by atoms with van der Waals surface area (Å²) in [4.78, 5) is 0. The van der Waals surface area contributed by atoms with Gasteiger partial charge in [-0.3, -0.25) is 4.68 Å². The van der Waals surface area contributed by atoms with Gasteiger partial charge in [-0.15, -0.1) is 5.10 Å². The summed E-state index contributed by atoms with van der Waals surface area (Å²) in [5.74, 6) is 1.10. The normalized spacial score (nSPS) is 10.4. The highest BCUT2D eigenvalue weighted by molar-refractivity contribution is 7.98. The van der Waals surface area contributed by atoms with Crippen molar-refractivity contribution in [2.24, 2.45) is 0 Å². The quantitative estimate of drug-likeness (QED) is 0.682. The minimum Gasteiger partial charge on any atom is -0.251 e. The SMILES string of the molecule is CCc1cn(CCSC)nn1. The minimum atomic E-state index is 0.966. The maximum Gasteiger partial charge on any atom is 0.0824 e. The summed E-state index contributed by atoms with van der Waals surface area (Å²) < 4.78 is 1.90. The van der Waals surface area contributed by atoms with Gasteiger partial charge in [0.1, 0.15) is 0 Å². The molecule has 0 saturated carbocycles. The lowest BCUT2D eigenvalue weighted by Crippen LogP contribution is -2.00. The Morgan fingerprint density at radius 2 is 2.45 bits per heavy atom. The van der Waals surface area contributed by atoms with E-state index in [1.54, 1.807) is 0 Å². The monoisotopic (exact) mass is 171 g/mol. The van der Waals surface area contributed by atoms with Crippen molar-refractivity contribution in [3.05, 3.63) is 11.9 Å². The standard InChI is InChI=1S/C7H13N3S/c1-3-7-6-10(9-8-7)4-5-11-2/h6H,3-5H2,1-2H3. The van der Waals surface area contributed by atoms with Gasteiger partial charge in [-0.25, -0.2) is 0 Å². The highest BCUT2D eigenvalue weighted by atomic mass is 32.2. The number of hydrogen-bond donors (Lipinski definition) is 0. The fourth-order valence-corrected chi connectivity index (χ4v) is 1.16. The zero-order chi connectivity index (χ0) is 8.10. The Labute approximate surface area is 71.2 Å². The second-order valence-electron chi connectivity index (χ2n) is 2.32. The summed E-state index contributed by atoms with van der Waals surface area (Å²) in [6.45, 7) is 3.05. The molecule has 11 heavy (non-hydrogen) atoms. The van der Waals surface area contributed by atoms with Crippen molar-refractivity contribution in [1.29, 1.82) is 0 Å². The molecule has 0 bridgehead atoms. The van der Waals surface area contributed by atoms with E-state index in [-0.39, 0.29) is 0 Å². The molecule has 0 fully saturated rings. The van der Waals surface area contributed by atoms with Crippen LogP contribution in [0, 0.1) is 0 Å². The van der Waals surface area contributed by atoms with Crippen molar-refractivity contribution in [3.63, 3.8) is 0 Å². The third-order valence-corrected chi connectivity index (χ3v) is 2.06. The van der Waals surface area contributed by atoms with Crippen LogP contribution in [0.15, 0.2) is 6.20 Å². The Balaban J connectivity index is 2.44. The zero-order valence-electron chi connectivity index (χ0n) is 6.95. The van der Waals surface area contributed by atoms with Crippen LogP contribution in [-0.2, 0) is 13.0 Å². The Morgan fingerprint density at radius 3 is 3.00 bits per heavy atom. The highest BCUT2D eigenvalue weighted by Gasteiger charge is 1.95. The molecule has 3 nitrogen and oxygen atoms in total. The van der Waals surface area contributed by atoms with Crippen LogP contribution in [0.2, 0.25) is 0 Å². The summed E-state index contributed by atoms with van der Waals surface area (Å²) in [5.41, 5.74) is 1.08. The smallest absolute Gasteiger partial charge is 0.0824 e. The Kier molecular flexibility index (Phi) is 3.42. The second kappa shape index (κ2) is 4.38. The van der Waals surface area contributed by atoms with Crippen LogP contribution in [0.5, 0.6) is 0 Å². The molecule has 0 aliphatic heterocycles. The molecule has 0 aromatic carbocycles. The van der Waals surface area contributed by atoms with Crippen molar-refractivity contribution < 1.29 is 0 Å². The molecule has 0 N–H and O–H groups in total. The summed E-state index contributed by atoms with van der Waals surface area (Å²) in [6.07, 6.45) is 5.08.